The van der Waals surface area contributed by atoms with Crippen molar-refractivity contribution in [3.8, 4) is 0 Å². The summed E-state index contributed by atoms with van der Waals surface area (Å²) in [7, 11) is 0. The van der Waals surface area contributed by atoms with E-state index in [1.54, 1.807) is 35.2 Å². The van der Waals surface area contributed by atoms with Crippen molar-refractivity contribution >= 4 is 28.5 Å². The van der Waals surface area contributed by atoms with Crippen LogP contribution in [0.1, 0.15) is 34.1 Å². The van der Waals surface area contributed by atoms with Gasteiger partial charge in [0.25, 0.3) is 5.91 Å². The molecule has 0 N–H and O–H groups in total. The van der Waals surface area contributed by atoms with Gasteiger partial charge in [0.05, 0.1) is 30.2 Å². The molecule has 31 heavy (non-hydrogen) atoms. The van der Waals surface area contributed by atoms with E-state index in [2.05, 4.69) is 4.90 Å². The van der Waals surface area contributed by atoms with Crippen LogP contribution in [0.2, 0.25) is 5.02 Å². The van der Waals surface area contributed by atoms with E-state index in [0.29, 0.717) is 28.1 Å². The number of carbonyl (C=O) groups is 1. The van der Waals surface area contributed by atoms with Gasteiger partial charge in [0.1, 0.15) is 5.58 Å². The Hall–Kier alpha value is -2.67. The van der Waals surface area contributed by atoms with Gasteiger partial charge in [0.15, 0.2) is 5.43 Å². The van der Waals surface area contributed by atoms with Crippen molar-refractivity contribution in [1.29, 1.82) is 0 Å². The standard InChI is InChI=1S/C24H23ClN2O4/c25-17-6-3-5-16(15-17)21-20-22(28)18-7-1-2-8-19(18)31-23(20)24(29)27(21)10-4-9-26-11-13-30-14-12-26/h1-3,5-8,15,21H,4,9-14H2. The van der Waals surface area contributed by atoms with E-state index < -0.39 is 6.04 Å². The number of hydrogen-bond donors (Lipinski definition) is 0. The number of morpholine rings is 1. The SMILES string of the molecule is O=C1c2oc3ccccc3c(=O)c2C(c2cccc(Cl)c2)N1CCCN1CCOCC1. The van der Waals surface area contributed by atoms with Gasteiger partial charge in [-0.1, -0.05) is 35.9 Å². The lowest BCUT2D eigenvalue weighted by Crippen LogP contribution is -2.38. The normalized spacial score (nSPS) is 19.2. The molecule has 6 nitrogen and oxygen atoms in total. The molecule has 7 heteroatoms. The fraction of sp³-hybridized carbons (Fsp3) is 0.333. The van der Waals surface area contributed by atoms with E-state index in [-0.39, 0.29) is 17.1 Å². The number of nitrogens with zero attached hydrogens (tertiary/aromatic N) is 2. The fourth-order valence-electron chi connectivity index (χ4n) is 4.51. The topological polar surface area (TPSA) is 63.0 Å². The van der Waals surface area contributed by atoms with Crippen LogP contribution in [-0.4, -0.2) is 55.1 Å². The quantitative estimate of drug-likeness (QED) is 0.607. The van der Waals surface area contributed by atoms with Gasteiger partial charge in [-0.25, -0.2) is 0 Å². The second-order valence-electron chi connectivity index (χ2n) is 7.93. The second-order valence-corrected chi connectivity index (χ2v) is 8.37. The summed E-state index contributed by atoms with van der Waals surface area (Å²) in [5.74, 6) is -0.107. The summed E-state index contributed by atoms with van der Waals surface area (Å²) < 4.78 is 11.4. The van der Waals surface area contributed by atoms with Crippen LogP contribution in [0.25, 0.3) is 11.0 Å². The first kappa shape index (κ1) is 20.2. The summed E-state index contributed by atoms with van der Waals surface area (Å²) in [5.41, 5.74) is 1.48. The number of rotatable bonds is 5. The summed E-state index contributed by atoms with van der Waals surface area (Å²) in [6, 6.07) is 13.9. The van der Waals surface area contributed by atoms with Gasteiger partial charge in [-0.2, -0.15) is 0 Å². The Labute approximate surface area is 185 Å². The van der Waals surface area contributed by atoms with Gasteiger partial charge in [-0.3, -0.25) is 14.5 Å². The maximum absolute atomic E-state index is 13.4. The molecule has 0 radical (unpaired) electrons. The highest BCUT2D eigenvalue weighted by molar-refractivity contribution is 6.30. The summed E-state index contributed by atoms with van der Waals surface area (Å²) in [4.78, 5) is 30.9. The van der Waals surface area contributed by atoms with Crippen LogP contribution in [-0.2, 0) is 4.74 Å². The molecule has 3 heterocycles. The first-order chi connectivity index (χ1) is 15.1. The lowest BCUT2D eigenvalue weighted by atomic mass is 9.98. The maximum atomic E-state index is 13.4. The molecule has 1 unspecified atom stereocenters. The molecule has 2 aromatic carbocycles. The Kier molecular flexibility index (Phi) is 5.52. The summed E-state index contributed by atoms with van der Waals surface area (Å²) in [5, 5.41) is 1.05. The molecule has 1 saturated heterocycles. The highest BCUT2D eigenvalue weighted by Gasteiger charge is 2.42. The van der Waals surface area contributed by atoms with Crippen molar-refractivity contribution in [1.82, 2.24) is 9.80 Å². The van der Waals surface area contributed by atoms with E-state index in [1.165, 1.54) is 0 Å². The molecule has 3 aromatic rings. The molecular formula is C24H23ClN2O4. The van der Waals surface area contributed by atoms with E-state index in [4.69, 9.17) is 20.8 Å². The molecule has 5 rings (SSSR count). The zero-order chi connectivity index (χ0) is 21.4. The third-order valence-electron chi connectivity index (χ3n) is 6.01. The zero-order valence-electron chi connectivity index (χ0n) is 17.1. The lowest BCUT2D eigenvalue weighted by molar-refractivity contribution is 0.0353. The molecule has 1 fully saturated rings. The number of halogens is 1. The van der Waals surface area contributed by atoms with Crippen LogP contribution in [0.5, 0.6) is 0 Å². The van der Waals surface area contributed by atoms with E-state index >= 15 is 0 Å². The number of ether oxygens (including phenoxy) is 1. The van der Waals surface area contributed by atoms with Gasteiger partial charge in [0, 0.05) is 31.2 Å². The maximum Gasteiger partial charge on any atom is 0.290 e. The summed E-state index contributed by atoms with van der Waals surface area (Å²) in [6.45, 7) is 4.67. The van der Waals surface area contributed by atoms with Crippen LogP contribution in [0.4, 0.5) is 0 Å². The largest absolute Gasteiger partial charge is 0.450 e. The Bertz CT molecular complexity index is 1190. The van der Waals surface area contributed by atoms with Crippen molar-refractivity contribution < 1.29 is 13.9 Å². The highest BCUT2D eigenvalue weighted by atomic mass is 35.5. The third kappa shape index (κ3) is 3.76. The summed E-state index contributed by atoms with van der Waals surface area (Å²) in [6.07, 6.45) is 0.796. The van der Waals surface area contributed by atoms with Crippen LogP contribution >= 0.6 is 11.6 Å². The van der Waals surface area contributed by atoms with E-state index in [9.17, 15) is 9.59 Å². The second kappa shape index (κ2) is 8.46. The molecule has 0 spiro atoms. The van der Waals surface area contributed by atoms with Crippen molar-refractivity contribution in [2.45, 2.75) is 12.5 Å². The minimum absolute atomic E-state index is 0.139. The Morgan fingerprint density at radius 3 is 2.61 bits per heavy atom. The predicted molar refractivity (Wildman–Crippen MR) is 119 cm³/mol. The molecule has 1 aromatic heterocycles. The first-order valence-corrected chi connectivity index (χ1v) is 10.9. The van der Waals surface area contributed by atoms with Crippen LogP contribution in [0.15, 0.2) is 57.7 Å². The van der Waals surface area contributed by atoms with Crippen molar-refractivity contribution in [3.05, 3.63) is 80.7 Å². The molecule has 1 amide bonds. The molecule has 2 aliphatic rings. The fourth-order valence-corrected chi connectivity index (χ4v) is 4.71. The van der Waals surface area contributed by atoms with Crippen LogP contribution < -0.4 is 5.43 Å². The van der Waals surface area contributed by atoms with Crippen LogP contribution in [0, 0.1) is 0 Å². The van der Waals surface area contributed by atoms with Gasteiger partial charge in [-0.15, -0.1) is 0 Å². The monoisotopic (exact) mass is 438 g/mol. The summed E-state index contributed by atoms with van der Waals surface area (Å²) >= 11 is 6.25. The van der Waals surface area contributed by atoms with Gasteiger partial charge in [0.2, 0.25) is 5.76 Å². The van der Waals surface area contributed by atoms with Crippen molar-refractivity contribution in [3.63, 3.8) is 0 Å². The molecule has 2 aliphatic heterocycles. The highest BCUT2D eigenvalue weighted by Crippen LogP contribution is 2.38. The Morgan fingerprint density at radius 2 is 1.81 bits per heavy atom. The third-order valence-corrected chi connectivity index (χ3v) is 6.25. The first-order valence-electron chi connectivity index (χ1n) is 10.6. The van der Waals surface area contributed by atoms with Crippen molar-refractivity contribution in [2.24, 2.45) is 0 Å². The Balaban J connectivity index is 1.53. The van der Waals surface area contributed by atoms with Gasteiger partial charge >= 0.3 is 0 Å². The average Bonchev–Trinajstić information content (AvgIpc) is 3.07. The zero-order valence-corrected chi connectivity index (χ0v) is 17.8. The molecule has 0 saturated carbocycles. The molecule has 1 atom stereocenters. The molecule has 0 aliphatic carbocycles. The molecular weight excluding hydrogens is 416 g/mol. The van der Waals surface area contributed by atoms with Crippen molar-refractivity contribution in [2.75, 3.05) is 39.4 Å². The van der Waals surface area contributed by atoms with E-state index in [0.717, 1.165) is 44.8 Å². The number of benzene rings is 2. The predicted octanol–water partition coefficient (Wildman–Crippen LogP) is 3.71. The number of amides is 1. The number of fused-ring (bicyclic) bond motifs is 2. The Morgan fingerprint density at radius 1 is 1.00 bits per heavy atom. The lowest BCUT2D eigenvalue weighted by Gasteiger charge is -2.29. The minimum Gasteiger partial charge on any atom is -0.450 e. The molecule has 0 bridgehead atoms. The van der Waals surface area contributed by atoms with Crippen LogP contribution in [0.3, 0.4) is 0 Å². The number of carbonyl (C=O) groups excluding carboxylic acids is 1. The number of para-hydroxylation sites is 1. The van der Waals surface area contributed by atoms with E-state index in [1.807, 2.05) is 18.2 Å². The smallest absolute Gasteiger partial charge is 0.290 e. The molecule has 160 valence electrons. The average molecular weight is 439 g/mol. The van der Waals surface area contributed by atoms with Gasteiger partial charge in [-0.05, 0) is 36.2 Å². The minimum atomic E-state index is -0.508. The van der Waals surface area contributed by atoms with Gasteiger partial charge < -0.3 is 14.1 Å². The number of hydrogen-bond acceptors (Lipinski definition) is 5.